The summed E-state index contributed by atoms with van der Waals surface area (Å²) in [5, 5.41) is 0.662. The van der Waals surface area contributed by atoms with Gasteiger partial charge < -0.3 is 4.74 Å². The second kappa shape index (κ2) is 5.30. The fraction of sp³-hybridized carbons (Fsp3) is 0.0769. The van der Waals surface area contributed by atoms with E-state index in [1.807, 2.05) is 34.9 Å². The Bertz CT molecular complexity index is 727. The summed E-state index contributed by atoms with van der Waals surface area (Å²) in [6.07, 6.45) is 5.33. The first kappa shape index (κ1) is 12.6. The molecule has 0 amide bonds. The van der Waals surface area contributed by atoms with Crippen LogP contribution in [0.15, 0.2) is 47.3 Å². The van der Waals surface area contributed by atoms with Gasteiger partial charge in [0.1, 0.15) is 11.4 Å². The van der Waals surface area contributed by atoms with Gasteiger partial charge in [0.2, 0.25) is 5.88 Å². The first-order chi connectivity index (χ1) is 9.28. The van der Waals surface area contributed by atoms with Crippen molar-refractivity contribution < 1.29 is 4.74 Å². The van der Waals surface area contributed by atoms with Crippen molar-refractivity contribution in [2.45, 2.75) is 5.33 Å². The van der Waals surface area contributed by atoms with Crippen molar-refractivity contribution in [3.05, 3.63) is 53.0 Å². The molecule has 96 valence electrons. The summed E-state index contributed by atoms with van der Waals surface area (Å²) >= 11 is 6.84. The summed E-state index contributed by atoms with van der Waals surface area (Å²) in [7, 11) is 0. The molecule has 0 radical (unpaired) electrons. The molecule has 0 atom stereocenters. The van der Waals surface area contributed by atoms with Gasteiger partial charge >= 0.3 is 0 Å². The lowest BCUT2D eigenvalue weighted by Gasteiger charge is -2.04. The Morgan fingerprint density at radius 1 is 1.26 bits per heavy atom. The van der Waals surface area contributed by atoms with Gasteiger partial charge in [-0.15, -0.1) is 0 Å². The number of halogens is 2. The van der Waals surface area contributed by atoms with Crippen LogP contribution in [0.3, 0.4) is 0 Å². The van der Waals surface area contributed by atoms with Crippen LogP contribution < -0.4 is 4.74 Å². The average Bonchev–Trinajstić information content (AvgIpc) is 2.75. The molecule has 0 aliphatic heterocycles. The number of alkyl halides is 1. The van der Waals surface area contributed by atoms with Gasteiger partial charge in [0.25, 0.3) is 0 Å². The SMILES string of the molecule is BrCc1c(Oc2cncc(Br)c2)nc2ccccn12. The molecule has 3 aromatic heterocycles. The van der Waals surface area contributed by atoms with Gasteiger partial charge in [0, 0.05) is 22.2 Å². The van der Waals surface area contributed by atoms with Gasteiger partial charge in [-0.2, -0.15) is 4.98 Å². The molecule has 0 saturated heterocycles. The molecule has 6 heteroatoms. The molecule has 19 heavy (non-hydrogen) atoms. The minimum Gasteiger partial charge on any atom is -0.436 e. The zero-order valence-electron chi connectivity index (χ0n) is 9.75. The largest absolute Gasteiger partial charge is 0.436 e. The highest BCUT2D eigenvalue weighted by Gasteiger charge is 2.13. The second-order valence-corrected chi connectivity index (χ2v) is 5.34. The number of hydrogen-bond acceptors (Lipinski definition) is 3. The number of imidazole rings is 1. The van der Waals surface area contributed by atoms with Crippen molar-refractivity contribution in [2.24, 2.45) is 0 Å². The van der Waals surface area contributed by atoms with Crippen molar-refractivity contribution in [1.82, 2.24) is 14.4 Å². The van der Waals surface area contributed by atoms with Crippen molar-refractivity contribution in [1.29, 1.82) is 0 Å². The third-order valence-electron chi connectivity index (χ3n) is 2.61. The molecule has 0 bridgehead atoms. The zero-order valence-corrected chi connectivity index (χ0v) is 12.9. The van der Waals surface area contributed by atoms with Crippen LogP contribution in [0.1, 0.15) is 5.69 Å². The Morgan fingerprint density at radius 2 is 2.16 bits per heavy atom. The van der Waals surface area contributed by atoms with Crippen LogP contribution in [0.4, 0.5) is 0 Å². The lowest BCUT2D eigenvalue weighted by molar-refractivity contribution is 0.459. The monoisotopic (exact) mass is 381 g/mol. The highest BCUT2D eigenvalue weighted by molar-refractivity contribution is 9.10. The fourth-order valence-corrected chi connectivity index (χ4v) is 2.64. The molecule has 0 spiro atoms. The molecule has 0 aliphatic carbocycles. The van der Waals surface area contributed by atoms with Crippen molar-refractivity contribution in [3.8, 4) is 11.6 Å². The van der Waals surface area contributed by atoms with Gasteiger partial charge in [-0.1, -0.05) is 22.0 Å². The van der Waals surface area contributed by atoms with Crippen molar-refractivity contribution in [3.63, 3.8) is 0 Å². The molecule has 0 saturated carbocycles. The van der Waals surface area contributed by atoms with E-state index < -0.39 is 0 Å². The molecule has 3 heterocycles. The molecule has 4 nitrogen and oxygen atoms in total. The van der Waals surface area contributed by atoms with E-state index >= 15 is 0 Å². The van der Waals surface area contributed by atoms with Crippen LogP contribution in [-0.2, 0) is 5.33 Å². The summed E-state index contributed by atoms with van der Waals surface area (Å²) in [5.41, 5.74) is 1.82. The number of hydrogen-bond donors (Lipinski definition) is 0. The van der Waals surface area contributed by atoms with Gasteiger partial charge in [-0.25, -0.2) is 0 Å². The summed E-state index contributed by atoms with van der Waals surface area (Å²) in [6.45, 7) is 0. The predicted molar refractivity (Wildman–Crippen MR) is 79.8 cm³/mol. The molecule has 0 fully saturated rings. The number of ether oxygens (including phenoxy) is 1. The number of nitrogens with zero attached hydrogens (tertiary/aromatic N) is 3. The van der Waals surface area contributed by atoms with Crippen LogP contribution in [0.5, 0.6) is 11.6 Å². The Morgan fingerprint density at radius 3 is 2.95 bits per heavy atom. The van der Waals surface area contributed by atoms with E-state index in [2.05, 4.69) is 41.8 Å². The highest BCUT2D eigenvalue weighted by atomic mass is 79.9. The Hall–Kier alpha value is -1.40. The molecule has 0 N–H and O–H groups in total. The normalized spacial score (nSPS) is 10.8. The van der Waals surface area contributed by atoms with E-state index in [-0.39, 0.29) is 0 Å². The van der Waals surface area contributed by atoms with Crippen LogP contribution in [-0.4, -0.2) is 14.4 Å². The summed E-state index contributed by atoms with van der Waals surface area (Å²) in [4.78, 5) is 8.55. The van der Waals surface area contributed by atoms with Crippen molar-refractivity contribution >= 4 is 37.5 Å². The third-order valence-corrected chi connectivity index (χ3v) is 3.58. The topological polar surface area (TPSA) is 39.4 Å². The number of aromatic nitrogens is 3. The van der Waals surface area contributed by atoms with E-state index in [0.717, 1.165) is 15.8 Å². The first-order valence-electron chi connectivity index (χ1n) is 5.58. The molecular weight excluding hydrogens is 374 g/mol. The lowest BCUT2D eigenvalue weighted by atomic mass is 10.4. The van der Waals surface area contributed by atoms with E-state index in [1.54, 1.807) is 12.4 Å². The maximum Gasteiger partial charge on any atom is 0.242 e. The minimum absolute atomic E-state index is 0.586. The molecule has 0 aliphatic rings. The maximum atomic E-state index is 5.81. The average molecular weight is 383 g/mol. The van der Waals surface area contributed by atoms with Crippen molar-refractivity contribution in [2.75, 3.05) is 0 Å². The van der Waals surface area contributed by atoms with Gasteiger partial charge in [-0.05, 0) is 34.1 Å². The first-order valence-corrected chi connectivity index (χ1v) is 7.49. The molecule has 3 aromatic rings. The quantitative estimate of drug-likeness (QED) is 0.638. The molecular formula is C13H9Br2N3O. The van der Waals surface area contributed by atoms with Gasteiger partial charge in [0.05, 0.1) is 11.9 Å². The molecule has 3 rings (SSSR count). The number of fused-ring (bicyclic) bond motifs is 1. The third kappa shape index (κ3) is 2.50. The van der Waals surface area contributed by atoms with E-state index in [9.17, 15) is 0 Å². The highest BCUT2D eigenvalue weighted by Crippen LogP contribution is 2.28. The predicted octanol–water partition coefficient (Wildman–Crippen LogP) is 4.18. The van der Waals surface area contributed by atoms with E-state index in [0.29, 0.717) is 17.0 Å². The fourth-order valence-electron chi connectivity index (χ4n) is 1.79. The Balaban J connectivity index is 2.05. The number of pyridine rings is 2. The lowest BCUT2D eigenvalue weighted by Crippen LogP contribution is -1.92. The zero-order chi connectivity index (χ0) is 13.2. The standard InChI is InChI=1S/C13H9Br2N3O/c14-6-11-13(17-12-3-1-2-4-18(11)12)19-10-5-9(15)7-16-8-10/h1-5,7-8H,6H2. The van der Waals surface area contributed by atoms with Gasteiger partial charge in [0.15, 0.2) is 0 Å². The van der Waals surface area contributed by atoms with E-state index in [1.165, 1.54) is 0 Å². The second-order valence-electron chi connectivity index (χ2n) is 3.87. The Kier molecular flexibility index (Phi) is 3.52. The van der Waals surface area contributed by atoms with Crippen LogP contribution >= 0.6 is 31.9 Å². The van der Waals surface area contributed by atoms with Crippen LogP contribution in [0.25, 0.3) is 5.65 Å². The smallest absolute Gasteiger partial charge is 0.242 e. The molecule has 0 unspecified atom stereocenters. The van der Waals surface area contributed by atoms with Crippen LogP contribution in [0, 0.1) is 0 Å². The van der Waals surface area contributed by atoms with Crippen LogP contribution in [0.2, 0.25) is 0 Å². The maximum absolute atomic E-state index is 5.81. The minimum atomic E-state index is 0.586. The van der Waals surface area contributed by atoms with Gasteiger partial charge in [-0.3, -0.25) is 9.38 Å². The number of rotatable bonds is 3. The summed E-state index contributed by atoms with van der Waals surface area (Å²) in [5.74, 6) is 1.24. The summed E-state index contributed by atoms with van der Waals surface area (Å²) < 4.78 is 8.68. The Labute approximate surface area is 126 Å². The molecule has 0 aromatic carbocycles. The summed E-state index contributed by atoms with van der Waals surface area (Å²) in [6, 6.07) is 7.71. The van der Waals surface area contributed by atoms with E-state index in [4.69, 9.17) is 4.74 Å².